The van der Waals surface area contributed by atoms with Crippen molar-refractivity contribution >= 4 is 6.29 Å². The summed E-state index contributed by atoms with van der Waals surface area (Å²) in [4.78, 5) is 10.4. The monoisotopic (exact) mass is 142 g/mol. The molecule has 2 heteroatoms. The van der Waals surface area contributed by atoms with E-state index in [1.165, 1.54) is 0 Å². The Morgan fingerprint density at radius 3 is 3.10 bits per heavy atom. The van der Waals surface area contributed by atoms with Crippen molar-refractivity contribution in [2.24, 2.45) is 5.92 Å². The fourth-order valence-electron chi connectivity index (χ4n) is 1.40. The van der Waals surface area contributed by atoms with Crippen molar-refractivity contribution in [1.82, 2.24) is 0 Å². The first-order valence-electron chi connectivity index (χ1n) is 3.95. The molecular weight excluding hydrogens is 128 g/mol. The van der Waals surface area contributed by atoms with Crippen LogP contribution in [-0.4, -0.2) is 19.0 Å². The van der Waals surface area contributed by atoms with E-state index in [1.54, 1.807) is 0 Å². The Labute approximate surface area is 61.6 Å². The first-order chi connectivity index (χ1) is 4.88. The molecule has 0 aromatic rings. The van der Waals surface area contributed by atoms with Crippen molar-refractivity contribution in [3.05, 3.63) is 0 Å². The number of hydrogen-bond donors (Lipinski definition) is 0. The minimum absolute atomic E-state index is 0.181. The fourth-order valence-corrected chi connectivity index (χ4v) is 1.40. The second-order valence-corrected chi connectivity index (χ2v) is 2.79. The molecule has 1 aliphatic heterocycles. The molecule has 0 amide bonds. The van der Waals surface area contributed by atoms with E-state index in [1.807, 2.05) is 0 Å². The third kappa shape index (κ3) is 1.57. The normalized spacial score (nSPS) is 32.5. The minimum atomic E-state index is 0.181. The lowest BCUT2D eigenvalue weighted by molar-refractivity contribution is -0.112. The smallest absolute Gasteiger partial charge is 0.125 e. The summed E-state index contributed by atoms with van der Waals surface area (Å²) >= 11 is 0. The highest BCUT2D eigenvalue weighted by Gasteiger charge is 2.26. The molecule has 0 spiro atoms. The standard InChI is InChI=1S/C8H14O2/c1-2-3-8-7(6-9)4-5-10-8/h6-8H,2-5H2,1H3/t7-,8+/m0/s1. The Balaban J connectivity index is 2.34. The van der Waals surface area contributed by atoms with Crippen LogP contribution in [0.5, 0.6) is 0 Å². The van der Waals surface area contributed by atoms with Gasteiger partial charge in [-0.05, 0) is 12.8 Å². The summed E-state index contributed by atoms with van der Waals surface area (Å²) in [5.41, 5.74) is 0. The van der Waals surface area contributed by atoms with Crippen molar-refractivity contribution < 1.29 is 9.53 Å². The molecule has 0 saturated carbocycles. The lowest BCUT2D eigenvalue weighted by atomic mass is 10.0. The van der Waals surface area contributed by atoms with Crippen LogP contribution in [0.2, 0.25) is 0 Å². The van der Waals surface area contributed by atoms with Crippen LogP contribution in [0, 0.1) is 5.92 Å². The number of ether oxygens (including phenoxy) is 1. The van der Waals surface area contributed by atoms with Crippen LogP contribution in [0.1, 0.15) is 26.2 Å². The topological polar surface area (TPSA) is 26.3 Å². The van der Waals surface area contributed by atoms with Crippen molar-refractivity contribution in [3.63, 3.8) is 0 Å². The molecule has 1 heterocycles. The number of hydrogen-bond acceptors (Lipinski definition) is 2. The van der Waals surface area contributed by atoms with E-state index < -0.39 is 0 Å². The SMILES string of the molecule is CCC[C@H]1OCC[C@H]1C=O. The molecule has 0 N–H and O–H groups in total. The molecule has 0 aromatic carbocycles. The molecular formula is C8H14O2. The second kappa shape index (κ2) is 3.71. The van der Waals surface area contributed by atoms with Gasteiger partial charge in [-0.15, -0.1) is 0 Å². The molecule has 1 saturated heterocycles. The average Bonchev–Trinajstić information content (AvgIpc) is 2.36. The van der Waals surface area contributed by atoms with E-state index in [0.29, 0.717) is 0 Å². The molecule has 2 atom stereocenters. The number of carbonyl (C=O) groups excluding carboxylic acids is 1. The van der Waals surface area contributed by atoms with Gasteiger partial charge in [0.2, 0.25) is 0 Å². The molecule has 0 radical (unpaired) electrons. The Kier molecular flexibility index (Phi) is 2.87. The molecule has 1 rings (SSSR count). The first-order valence-corrected chi connectivity index (χ1v) is 3.95. The van der Waals surface area contributed by atoms with Gasteiger partial charge < -0.3 is 9.53 Å². The van der Waals surface area contributed by atoms with E-state index in [4.69, 9.17) is 4.74 Å². The third-order valence-electron chi connectivity index (χ3n) is 2.01. The first kappa shape index (κ1) is 7.73. The maximum absolute atomic E-state index is 10.4. The maximum Gasteiger partial charge on any atom is 0.125 e. The van der Waals surface area contributed by atoms with E-state index in [0.717, 1.165) is 32.2 Å². The molecule has 0 bridgehead atoms. The lowest BCUT2D eigenvalue weighted by Gasteiger charge is -2.10. The fraction of sp³-hybridized carbons (Fsp3) is 0.875. The van der Waals surface area contributed by atoms with E-state index >= 15 is 0 Å². The van der Waals surface area contributed by atoms with Gasteiger partial charge in [0, 0.05) is 12.5 Å². The van der Waals surface area contributed by atoms with Gasteiger partial charge >= 0.3 is 0 Å². The van der Waals surface area contributed by atoms with Crippen LogP contribution in [0.3, 0.4) is 0 Å². The largest absolute Gasteiger partial charge is 0.377 e. The molecule has 10 heavy (non-hydrogen) atoms. The third-order valence-corrected chi connectivity index (χ3v) is 2.01. The zero-order valence-corrected chi connectivity index (χ0v) is 6.38. The predicted molar refractivity (Wildman–Crippen MR) is 38.8 cm³/mol. The predicted octanol–water partition coefficient (Wildman–Crippen LogP) is 1.39. The van der Waals surface area contributed by atoms with E-state index in [-0.39, 0.29) is 12.0 Å². The number of rotatable bonds is 3. The lowest BCUT2D eigenvalue weighted by Crippen LogP contribution is -2.16. The van der Waals surface area contributed by atoms with Crippen LogP contribution < -0.4 is 0 Å². The zero-order chi connectivity index (χ0) is 7.40. The molecule has 0 aromatic heterocycles. The zero-order valence-electron chi connectivity index (χ0n) is 6.38. The van der Waals surface area contributed by atoms with Gasteiger partial charge in [0.05, 0.1) is 6.10 Å². The summed E-state index contributed by atoms with van der Waals surface area (Å²) in [6, 6.07) is 0. The quantitative estimate of drug-likeness (QED) is 0.556. The summed E-state index contributed by atoms with van der Waals surface area (Å²) in [5.74, 6) is 0.181. The van der Waals surface area contributed by atoms with Crippen molar-refractivity contribution in [1.29, 1.82) is 0 Å². The maximum atomic E-state index is 10.4. The van der Waals surface area contributed by atoms with Gasteiger partial charge in [0.1, 0.15) is 6.29 Å². The van der Waals surface area contributed by atoms with Gasteiger partial charge in [0.25, 0.3) is 0 Å². The van der Waals surface area contributed by atoms with Crippen LogP contribution in [0.25, 0.3) is 0 Å². The second-order valence-electron chi connectivity index (χ2n) is 2.79. The summed E-state index contributed by atoms with van der Waals surface area (Å²) < 4.78 is 5.37. The van der Waals surface area contributed by atoms with Gasteiger partial charge in [-0.25, -0.2) is 0 Å². The molecule has 0 aliphatic carbocycles. The van der Waals surface area contributed by atoms with Gasteiger partial charge in [0.15, 0.2) is 0 Å². The molecule has 58 valence electrons. The highest BCUT2D eigenvalue weighted by Crippen LogP contribution is 2.22. The molecule has 1 aliphatic rings. The van der Waals surface area contributed by atoms with Gasteiger partial charge in [-0.1, -0.05) is 13.3 Å². The van der Waals surface area contributed by atoms with E-state index in [2.05, 4.69) is 6.92 Å². The number of carbonyl (C=O) groups is 1. The highest BCUT2D eigenvalue weighted by molar-refractivity contribution is 5.54. The van der Waals surface area contributed by atoms with Gasteiger partial charge in [-0.3, -0.25) is 0 Å². The van der Waals surface area contributed by atoms with Crippen LogP contribution in [0.15, 0.2) is 0 Å². The molecule has 1 fully saturated rings. The summed E-state index contributed by atoms with van der Waals surface area (Å²) in [6.07, 6.45) is 4.32. The summed E-state index contributed by atoms with van der Waals surface area (Å²) in [5, 5.41) is 0. The van der Waals surface area contributed by atoms with Crippen LogP contribution in [-0.2, 0) is 9.53 Å². The Morgan fingerprint density at radius 2 is 2.50 bits per heavy atom. The average molecular weight is 142 g/mol. The Hall–Kier alpha value is -0.370. The Bertz CT molecular complexity index is 112. The Morgan fingerprint density at radius 1 is 1.70 bits per heavy atom. The molecule has 2 nitrogen and oxygen atoms in total. The number of aldehydes is 1. The van der Waals surface area contributed by atoms with Crippen molar-refractivity contribution in [2.45, 2.75) is 32.3 Å². The van der Waals surface area contributed by atoms with Crippen LogP contribution >= 0.6 is 0 Å². The van der Waals surface area contributed by atoms with Crippen molar-refractivity contribution in [2.75, 3.05) is 6.61 Å². The van der Waals surface area contributed by atoms with Gasteiger partial charge in [-0.2, -0.15) is 0 Å². The minimum Gasteiger partial charge on any atom is -0.377 e. The van der Waals surface area contributed by atoms with Crippen molar-refractivity contribution in [3.8, 4) is 0 Å². The highest BCUT2D eigenvalue weighted by atomic mass is 16.5. The molecule has 0 unspecified atom stereocenters. The summed E-state index contributed by atoms with van der Waals surface area (Å²) in [6.45, 7) is 2.89. The summed E-state index contributed by atoms with van der Waals surface area (Å²) in [7, 11) is 0. The van der Waals surface area contributed by atoms with E-state index in [9.17, 15) is 4.79 Å². The van der Waals surface area contributed by atoms with Crippen LogP contribution in [0.4, 0.5) is 0 Å².